The number of benzene rings is 3. The molecular formula is C27H25NO3. The van der Waals surface area contributed by atoms with Crippen LogP contribution in [0.3, 0.4) is 0 Å². The topological polar surface area (TPSA) is 55.4 Å². The molecule has 4 nitrogen and oxygen atoms in total. The number of hydrogen-bond acceptors (Lipinski definition) is 3. The monoisotopic (exact) mass is 411 g/mol. The quantitative estimate of drug-likeness (QED) is 0.540. The second kappa shape index (κ2) is 9.00. The summed E-state index contributed by atoms with van der Waals surface area (Å²) in [6.07, 6.45) is 4.99. The Morgan fingerprint density at radius 1 is 0.968 bits per heavy atom. The van der Waals surface area contributed by atoms with Crippen molar-refractivity contribution in [1.29, 1.82) is 0 Å². The van der Waals surface area contributed by atoms with Crippen LogP contribution in [0.25, 0.3) is 6.08 Å². The summed E-state index contributed by atoms with van der Waals surface area (Å²) in [4.78, 5) is 26.2. The number of ether oxygens (including phenoxy) is 1. The summed E-state index contributed by atoms with van der Waals surface area (Å²) >= 11 is 0. The predicted molar refractivity (Wildman–Crippen MR) is 123 cm³/mol. The second-order valence-electron chi connectivity index (χ2n) is 7.86. The van der Waals surface area contributed by atoms with E-state index in [1.807, 2.05) is 62.4 Å². The number of nitrogens with one attached hydrogen (secondary N) is 1. The summed E-state index contributed by atoms with van der Waals surface area (Å²) in [5.74, 6) is -0.892. The van der Waals surface area contributed by atoms with Crippen molar-refractivity contribution in [3.05, 3.63) is 106 Å². The number of allylic oxidation sites excluding steroid dienone is 1. The fourth-order valence-corrected chi connectivity index (χ4v) is 3.71. The highest BCUT2D eigenvalue weighted by Gasteiger charge is 2.26. The van der Waals surface area contributed by atoms with Gasteiger partial charge in [0.05, 0.1) is 5.56 Å². The molecular weight excluding hydrogens is 386 g/mol. The molecule has 0 aromatic heterocycles. The molecule has 1 amide bonds. The largest absolute Gasteiger partial charge is 0.444 e. The third kappa shape index (κ3) is 4.75. The van der Waals surface area contributed by atoms with Crippen LogP contribution >= 0.6 is 0 Å². The van der Waals surface area contributed by atoms with Crippen LogP contribution in [0.1, 0.15) is 50.7 Å². The molecule has 1 aliphatic carbocycles. The van der Waals surface area contributed by atoms with Gasteiger partial charge in [-0.3, -0.25) is 4.79 Å². The third-order valence-corrected chi connectivity index (χ3v) is 5.47. The Balaban J connectivity index is 1.60. The number of hydrogen-bond donors (Lipinski definition) is 1. The van der Waals surface area contributed by atoms with E-state index in [0.29, 0.717) is 16.8 Å². The zero-order chi connectivity index (χ0) is 21.8. The first-order valence-corrected chi connectivity index (χ1v) is 10.4. The van der Waals surface area contributed by atoms with Crippen LogP contribution in [0.5, 0.6) is 0 Å². The summed E-state index contributed by atoms with van der Waals surface area (Å²) in [6.45, 7) is 3.90. The van der Waals surface area contributed by atoms with Gasteiger partial charge in [0.2, 0.25) is 6.10 Å². The fraction of sp³-hybridized carbons (Fsp3) is 0.185. The lowest BCUT2D eigenvalue weighted by atomic mass is 9.95. The molecule has 0 bridgehead atoms. The molecule has 0 radical (unpaired) electrons. The van der Waals surface area contributed by atoms with Gasteiger partial charge in [-0.1, -0.05) is 60.7 Å². The van der Waals surface area contributed by atoms with Crippen molar-refractivity contribution in [2.45, 2.75) is 32.8 Å². The summed E-state index contributed by atoms with van der Waals surface area (Å²) in [5, 5.41) is 2.93. The minimum atomic E-state index is -1.05. The minimum Gasteiger partial charge on any atom is -0.444 e. The average Bonchev–Trinajstić information content (AvgIpc) is 2.80. The highest BCUT2D eigenvalue weighted by Crippen LogP contribution is 2.25. The molecule has 1 unspecified atom stereocenters. The highest BCUT2D eigenvalue weighted by atomic mass is 16.5. The van der Waals surface area contributed by atoms with E-state index >= 15 is 0 Å². The normalized spacial score (nSPS) is 13.2. The van der Waals surface area contributed by atoms with Crippen molar-refractivity contribution < 1.29 is 14.3 Å². The van der Waals surface area contributed by atoms with Gasteiger partial charge in [0.1, 0.15) is 0 Å². The van der Waals surface area contributed by atoms with Crippen molar-refractivity contribution in [1.82, 2.24) is 0 Å². The smallest absolute Gasteiger partial charge is 0.339 e. The van der Waals surface area contributed by atoms with Crippen LogP contribution in [0, 0.1) is 13.8 Å². The number of esters is 1. The zero-order valence-corrected chi connectivity index (χ0v) is 17.7. The third-order valence-electron chi connectivity index (χ3n) is 5.47. The lowest BCUT2D eigenvalue weighted by Gasteiger charge is -2.20. The molecule has 0 saturated carbocycles. The molecule has 4 heteroatoms. The lowest BCUT2D eigenvalue weighted by molar-refractivity contribution is -0.125. The van der Waals surface area contributed by atoms with Crippen LogP contribution in [-0.4, -0.2) is 11.9 Å². The Morgan fingerprint density at radius 3 is 2.58 bits per heavy atom. The van der Waals surface area contributed by atoms with Crippen molar-refractivity contribution in [2.24, 2.45) is 0 Å². The number of anilines is 1. The molecule has 1 aliphatic rings. The Bertz CT molecular complexity index is 1150. The van der Waals surface area contributed by atoms with E-state index in [0.717, 1.165) is 35.1 Å². The zero-order valence-electron chi connectivity index (χ0n) is 17.7. The van der Waals surface area contributed by atoms with Gasteiger partial charge in [0, 0.05) is 11.3 Å². The molecule has 0 saturated heterocycles. The Kier molecular flexibility index (Phi) is 5.99. The van der Waals surface area contributed by atoms with Gasteiger partial charge in [0.15, 0.2) is 0 Å². The maximum Gasteiger partial charge on any atom is 0.339 e. The van der Waals surface area contributed by atoms with Gasteiger partial charge >= 0.3 is 5.97 Å². The Labute approximate surface area is 182 Å². The van der Waals surface area contributed by atoms with Crippen molar-refractivity contribution in [3.63, 3.8) is 0 Å². The van der Waals surface area contributed by atoms with Crippen molar-refractivity contribution >= 4 is 23.6 Å². The summed E-state index contributed by atoms with van der Waals surface area (Å²) < 4.78 is 5.75. The molecule has 1 atom stereocenters. The van der Waals surface area contributed by atoms with Gasteiger partial charge < -0.3 is 10.1 Å². The molecule has 31 heavy (non-hydrogen) atoms. The first-order chi connectivity index (χ1) is 15.0. The molecule has 4 rings (SSSR count). The summed E-state index contributed by atoms with van der Waals surface area (Å²) in [5.41, 5.74) is 6.01. The number of aryl methyl sites for hydroxylation is 3. The van der Waals surface area contributed by atoms with Gasteiger partial charge in [0.25, 0.3) is 5.91 Å². The molecule has 0 aliphatic heterocycles. The maximum absolute atomic E-state index is 13.2. The SMILES string of the molecule is Cc1ccc(C)c(NC(=O)C(OC(=O)c2ccc3c(c2)CCC=C3)c2ccccc2)c1. The number of rotatable bonds is 5. The number of amides is 1. The van der Waals surface area contributed by atoms with Crippen LogP contribution in [0.15, 0.2) is 72.8 Å². The predicted octanol–water partition coefficient (Wildman–Crippen LogP) is 5.80. The van der Waals surface area contributed by atoms with E-state index in [4.69, 9.17) is 4.74 Å². The van der Waals surface area contributed by atoms with Gasteiger partial charge in [-0.05, 0) is 67.1 Å². The summed E-state index contributed by atoms with van der Waals surface area (Å²) in [7, 11) is 0. The second-order valence-corrected chi connectivity index (χ2v) is 7.86. The van der Waals surface area contributed by atoms with Gasteiger partial charge in [-0.2, -0.15) is 0 Å². The van der Waals surface area contributed by atoms with E-state index in [-0.39, 0.29) is 5.91 Å². The van der Waals surface area contributed by atoms with Crippen molar-refractivity contribution in [2.75, 3.05) is 5.32 Å². The van der Waals surface area contributed by atoms with E-state index < -0.39 is 12.1 Å². The average molecular weight is 412 g/mol. The van der Waals surface area contributed by atoms with E-state index in [1.165, 1.54) is 0 Å². The van der Waals surface area contributed by atoms with Crippen LogP contribution in [-0.2, 0) is 16.0 Å². The number of fused-ring (bicyclic) bond motifs is 1. The van der Waals surface area contributed by atoms with Crippen LogP contribution in [0.4, 0.5) is 5.69 Å². The van der Waals surface area contributed by atoms with Crippen molar-refractivity contribution in [3.8, 4) is 0 Å². The molecule has 3 aromatic carbocycles. The van der Waals surface area contributed by atoms with E-state index in [9.17, 15) is 9.59 Å². The Hall–Kier alpha value is -3.66. The molecule has 156 valence electrons. The maximum atomic E-state index is 13.2. The molecule has 0 fully saturated rings. The van der Waals surface area contributed by atoms with E-state index in [1.54, 1.807) is 18.2 Å². The number of carbonyl (C=O) groups is 2. The standard InChI is InChI=1S/C27H25NO3/c1-18-12-13-19(2)24(16-18)28-26(29)25(21-9-4-3-5-10-21)31-27(30)23-15-14-20-8-6-7-11-22(20)17-23/h3-6,8-10,12-17,25H,7,11H2,1-2H3,(H,28,29). The van der Waals surface area contributed by atoms with Gasteiger partial charge in [-0.15, -0.1) is 0 Å². The summed E-state index contributed by atoms with van der Waals surface area (Å²) in [6, 6.07) is 20.5. The fourth-order valence-electron chi connectivity index (χ4n) is 3.71. The Morgan fingerprint density at radius 2 is 1.77 bits per heavy atom. The minimum absolute atomic E-state index is 0.380. The highest BCUT2D eigenvalue weighted by molar-refractivity contribution is 5.98. The molecule has 0 spiro atoms. The lowest BCUT2D eigenvalue weighted by Crippen LogP contribution is -2.26. The molecule has 0 heterocycles. The first kappa shape index (κ1) is 20.6. The van der Waals surface area contributed by atoms with Gasteiger partial charge in [-0.25, -0.2) is 4.79 Å². The van der Waals surface area contributed by atoms with Crippen LogP contribution < -0.4 is 5.32 Å². The molecule has 1 N–H and O–H groups in total. The first-order valence-electron chi connectivity index (χ1n) is 10.4. The molecule has 3 aromatic rings. The van der Waals surface area contributed by atoms with Crippen LogP contribution in [0.2, 0.25) is 0 Å². The number of carbonyl (C=O) groups excluding carboxylic acids is 2. The van der Waals surface area contributed by atoms with E-state index in [2.05, 4.69) is 17.5 Å².